The zero-order valence-electron chi connectivity index (χ0n) is 9.63. The lowest BCUT2D eigenvalue weighted by Crippen LogP contribution is -2.21. The Labute approximate surface area is 102 Å². The maximum atomic E-state index is 6.00. The predicted molar refractivity (Wildman–Crippen MR) is 67.3 cm³/mol. The number of nitrogens with one attached hydrogen (secondary N) is 1. The molecule has 1 aromatic carbocycles. The number of halogens is 1. The van der Waals surface area contributed by atoms with Crippen molar-refractivity contribution in [2.24, 2.45) is 0 Å². The molecule has 0 bridgehead atoms. The normalized spacial score (nSPS) is 20.0. The number of rotatable bonds is 4. The fraction of sp³-hybridized carbons (Fsp3) is 0.538. The third-order valence-electron chi connectivity index (χ3n) is 3.17. The zero-order chi connectivity index (χ0) is 11.4. The molecule has 1 unspecified atom stereocenters. The van der Waals surface area contributed by atoms with Gasteiger partial charge in [-0.05, 0) is 56.0 Å². The van der Waals surface area contributed by atoms with Crippen molar-refractivity contribution in [3.8, 4) is 5.75 Å². The van der Waals surface area contributed by atoms with Gasteiger partial charge in [0.2, 0.25) is 0 Å². The van der Waals surface area contributed by atoms with E-state index >= 15 is 0 Å². The topological polar surface area (TPSA) is 21.3 Å². The van der Waals surface area contributed by atoms with E-state index in [0.717, 1.165) is 30.2 Å². The summed E-state index contributed by atoms with van der Waals surface area (Å²) in [7, 11) is 1.71. The maximum Gasteiger partial charge on any atom is 0.122 e. The third-order valence-corrected chi connectivity index (χ3v) is 3.40. The first kappa shape index (κ1) is 11.7. The minimum atomic E-state index is 0.670. The Kier molecular flexibility index (Phi) is 4.08. The number of hydrogen-bond acceptors (Lipinski definition) is 2. The molecule has 88 valence electrons. The van der Waals surface area contributed by atoms with Crippen molar-refractivity contribution in [2.45, 2.75) is 31.7 Å². The molecule has 1 aliphatic rings. The molecule has 2 nitrogen and oxygen atoms in total. The number of methoxy groups -OCH3 is 1. The Bertz CT molecular complexity index is 348. The summed E-state index contributed by atoms with van der Waals surface area (Å²) in [6.07, 6.45) is 4.79. The Morgan fingerprint density at radius 1 is 1.50 bits per heavy atom. The average Bonchev–Trinajstić information content (AvgIpc) is 2.79. The lowest BCUT2D eigenvalue weighted by Gasteiger charge is -2.12. The lowest BCUT2D eigenvalue weighted by atomic mass is 10.0. The van der Waals surface area contributed by atoms with Crippen LogP contribution < -0.4 is 10.1 Å². The van der Waals surface area contributed by atoms with Crippen molar-refractivity contribution >= 4 is 11.6 Å². The molecule has 0 aromatic heterocycles. The predicted octanol–water partition coefficient (Wildman–Crippen LogP) is 3.03. The van der Waals surface area contributed by atoms with E-state index in [-0.39, 0.29) is 0 Å². The summed E-state index contributed by atoms with van der Waals surface area (Å²) < 4.78 is 5.34. The summed E-state index contributed by atoms with van der Waals surface area (Å²) in [6, 6.07) is 6.50. The summed E-state index contributed by atoms with van der Waals surface area (Å²) >= 11 is 6.00. The quantitative estimate of drug-likeness (QED) is 0.872. The molecular weight excluding hydrogens is 222 g/mol. The Morgan fingerprint density at radius 2 is 2.38 bits per heavy atom. The van der Waals surface area contributed by atoms with Crippen molar-refractivity contribution in [3.63, 3.8) is 0 Å². The van der Waals surface area contributed by atoms with Crippen molar-refractivity contribution in [1.82, 2.24) is 5.32 Å². The number of benzene rings is 1. The van der Waals surface area contributed by atoms with Gasteiger partial charge >= 0.3 is 0 Å². The monoisotopic (exact) mass is 239 g/mol. The molecular formula is C13H18ClNO. The summed E-state index contributed by atoms with van der Waals surface area (Å²) in [4.78, 5) is 0. The molecule has 1 N–H and O–H groups in total. The molecule has 1 atom stereocenters. The maximum absolute atomic E-state index is 6.00. The van der Waals surface area contributed by atoms with Crippen LogP contribution in [-0.2, 0) is 6.42 Å². The van der Waals surface area contributed by atoms with E-state index in [1.54, 1.807) is 7.11 Å². The summed E-state index contributed by atoms with van der Waals surface area (Å²) in [5, 5.41) is 4.29. The minimum Gasteiger partial charge on any atom is -0.496 e. The smallest absolute Gasteiger partial charge is 0.122 e. The first-order valence-corrected chi connectivity index (χ1v) is 6.23. The summed E-state index contributed by atoms with van der Waals surface area (Å²) in [6.45, 7) is 1.16. The molecule has 1 saturated heterocycles. The van der Waals surface area contributed by atoms with Crippen LogP contribution in [0.5, 0.6) is 5.75 Å². The Hall–Kier alpha value is -0.730. The van der Waals surface area contributed by atoms with Crippen LogP contribution in [0.3, 0.4) is 0 Å². The van der Waals surface area contributed by atoms with Gasteiger partial charge < -0.3 is 10.1 Å². The molecule has 1 fully saturated rings. The fourth-order valence-corrected chi connectivity index (χ4v) is 2.47. The van der Waals surface area contributed by atoms with Gasteiger partial charge in [0.1, 0.15) is 5.75 Å². The molecule has 3 heteroatoms. The molecule has 0 aliphatic carbocycles. The summed E-state index contributed by atoms with van der Waals surface area (Å²) in [5.41, 5.74) is 1.21. The Balaban J connectivity index is 1.98. The van der Waals surface area contributed by atoms with Gasteiger partial charge in [-0.15, -0.1) is 0 Å². The highest BCUT2D eigenvalue weighted by Gasteiger charge is 2.14. The molecule has 0 amide bonds. The lowest BCUT2D eigenvalue weighted by molar-refractivity contribution is 0.407. The molecule has 16 heavy (non-hydrogen) atoms. The third kappa shape index (κ3) is 2.89. The first-order valence-electron chi connectivity index (χ1n) is 5.85. The van der Waals surface area contributed by atoms with Gasteiger partial charge in [0.25, 0.3) is 0 Å². The molecule has 1 aromatic rings. The number of ether oxygens (including phenoxy) is 1. The molecule has 2 rings (SSSR count). The highest BCUT2D eigenvalue weighted by Crippen LogP contribution is 2.25. The minimum absolute atomic E-state index is 0.670. The van der Waals surface area contributed by atoms with Gasteiger partial charge in [0.05, 0.1) is 7.11 Å². The summed E-state index contributed by atoms with van der Waals surface area (Å²) in [5.74, 6) is 0.947. The number of aryl methyl sites for hydroxylation is 1. The average molecular weight is 240 g/mol. The van der Waals surface area contributed by atoms with Crippen molar-refractivity contribution < 1.29 is 4.74 Å². The van der Waals surface area contributed by atoms with Crippen LogP contribution in [0.25, 0.3) is 0 Å². The largest absolute Gasteiger partial charge is 0.496 e. The van der Waals surface area contributed by atoms with Crippen LogP contribution in [0.4, 0.5) is 0 Å². The second kappa shape index (κ2) is 5.55. The van der Waals surface area contributed by atoms with Gasteiger partial charge in [0.15, 0.2) is 0 Å². The van der Waals surface area contributed by atoms with E-state index in [1.807, 2.05) is 18.2 Å². The standard InChI is InChI=1S/C13H18ClNO/c1-16-13-7-5-11(14)9-10(13)4-6-12-3-2-8-15-12/h5,7,9,12,15H,2-4,6,8H2,1H3. The molecule has 1 heterocycles. The molecule has 0 saturated carbocycles. The van der Waals surface area contributed by atoms with Crippen LogP contribution in [-0.4, -0.2) is 19.7 Å². The molecule has 0 spiro atoms. The van der Waals surface area contributed by atoms with Gasteiger partial charge in [-0.2, -0.15) is 0 Å². The second-order valence-corrected chi connectivity index (χ2v) is 4.72. The second-order valence-electron chi connectivity index (χ2n) is 4.29. The van der Waals surface area contributed by atoms with Crippen LogP contribution >= 0.6 is 11.6 Å². The van der Waals surface area contributed by atoms with E-state index < -0.39 is 0 Å². The van der Waals surface area contributed by atoms with E-state index in [9.17, 15) is 0 Å². The molecule has 0 radical (unpaired) electrons. The Morgan fingerprint density at radius 3 is 3.06 bits per heavy atom. The van der Waals surface area contributed by atoms with Crippen molar-refractivity contribution in [1.29, 1.82) is 0 Å². The van der Waals surface area contributed by atoms with Crippen LogP contribution in [0, 0.1) is 0 Å². The first-order chi connectivity index (χ1) is 7.79. The van der Waals surface area contributed by atoms with Gasteiger partial charge in [0, 0.05) is 11.1 Å². The zero-order valence-corrected chi connectivity index (χ0v) is 10.4. The highest BCUT2D eigenvalue weighted by atomic mass is 35.5. The number of hydrogen-bond donors (Lipinski definition) is 1. The van der Waals surface area contributed by atoms with Crippen LogP contribution in [0.2, 0.25) is 5.02 Å². The highest BCUT2D eigenvalue weighted by molar-refractivity contribution is 6.30. The van der Waals surface area contributed by atoms with Gasteiger partial charge in [-0.3, -0.25) is 0 Å². The van der Waals surface area contributed by atoms with Crippen molar-refractivity contribution in [3.05, 3.63) is 28.8 Å². The van der Waals surface area contributed by atoms with Gasteiger partial charge in [-0.1, -0.05) is 11.6 Å². The molecule has 1 aliphatic heterocycles. The van der Waals surface area contributed by atoms with E-state index in [1.165, 1.54) is 18.4 Å². The van der Waals surface area contributed by atoms with Crippen LogP contribution in [0.1, 0.15) is 24.8 Å². The van der Waals surface area contributed by atoms with Crippen molar-refractivity contribution in [2.75, 3.05) is 13.7 Å². The van der Waals surface area contributed by atoms with E-state index in [4.69, 9.17) is 16.3 Å². The van der Waals surface area contributed by atoms with Gasteiger partial charge in [-0.25, -0.2) is 0 Å². The van der Waals surface area contributed by atoms with E-state index in [2.05, 4.69) is 5.32 Å². The van der Waals surface area contributed by atoms with Crippen LogP contribution in [0.15, 0.2) is 18.2 Å². The fourth-order valence-electron chi connectivity index (χ4n) is 2.28. The van der Waals surface area contributed by atoms with E-state index in [0.29, 0.717) is 6.04 Å². The SMILES string of the molecule is COc1ccc(Cl)cc1CCC1CCCN1.